The molecule has 324 valence electrons. The molecule has 3 heteroatoms. The first-order valence-corrected chi connectivity index (χ1v) is 23.6. The van der Waals surface area contributed by atoms with Crippen LogP contribution in [0.5, 0.6) is 0 Å². The van der Waals surface area contributed by atoms with Crippen LogP contribution >= 0.6 is 0 Å². The summed E-state index contributed by atoms with van der Waals surface area (Å²) < 4.78 is 8.80. The minimum absolute atomic E-state index is 0.874. The lowest BCUT2D eigenvalue weighted by Gasteiger charge is -2.30. The molecule has 3 nitrogen and oxygen atoms in total. The van der Waals surface area contributed by atoms with Crippen LogP contribution in [-0.2, 0) is 0 Å². The van der Waals surface area contributed by atoms with Crippen molar-refractivity contribution in [1.29, 1.82) is 0 Å². The van der Waals surface area contributed by atoms with Crippen LogP contribution in [0, 0.1) is 0 Å². The maximum atomic E-state index is 6.43. The number of anilines is 3. The highest BCUT2D eigenvalue weighted by Crippen LogP contribution is 2.48. The summed E-state index contributed by atoms with van der Waals surface area (Å²) >= 11 is 0. The van der Waals surface area contributed by atoms with Gasteiger partial charge in [-0.05, 0) is 105 Å². The Morgan fingerprint density at radius 1 is 0.275 bits per heavy atom. The molecule has 0 N–H and O–H groups in total. The van der Waals surface area contributed by atoms with Crippen LogP contribution in [0.2, 0.25) is 0 Å². The second-order valence-corrected chi connectivity index (χ2v) is 17.6. The van der Waals surface area contributed by atoms with Gasteiger partial charge < -0.3 is 13.9 Å². The topological polar surface area (TPSA) is 21.3 Å². The van der Waals surface area contributed by atoms with Crippen LogP contribution in [0.1, 0.15) is 0 Å². The van der Waals surface area contributed by atoms with Gasteiger partial charge in [0.1, 0.15) is 11.2 Å². The molecule has 0 saturated carbocycles. The van der Waals surface area contributed by atoms with E-state index in [4.69, 9.17) is 4.42 Å². The molecule has 0 saturated heterocycles. The third-order valence-corrected chi connectivity index (χ3v) is 13.7. The smallest absolute Gasteiger partial charge is 0.136 e. The maximum Gasteiger partial charge on any atom is 0.136 e. The normalized spacial score (nSPS) is 11.5. The maximum absolute atomic E-state index is 6.43. The summed E-state index contributed by atoms with van der Waals surface area (Å²) in [4.78, 5) is 2.43. The van der Waals surface area contributed by atoms with Gasteiger partial charge in [0.25, 0.3) is 0 Å². The number of fused-ring (bicyclic) bond motifs is 6. The zero-order valence-corrected chi connectivity index (χ0v) is 37.7. The summed E-state index contributed by atoms with van der Waals surface area (Å²) in [7, 11) is 0. The molecule has 0 radical (unpaired) electrons. The van der Waals surface area contributed by atoms with E-state index in [1.165, 1.54) is 49.6 Å². The SMILES string of the molecule is c1ccc(-c2ccccc2-c2ccccc2N(c2ccc(-c3ccc(-c4ccc(-n5c6ccccc6c6ccccc65)cc4)cc3)cc2)c2ccccc2-c2cccc3oc4ccccc4c23)cc1. The first-order chi connectivity index (χ1) is 34.2. The van der Waals surface area contributed by atoms with Gasteiger partial charge in [-0.1, -0.05) is 206 Å². The molecule has 2 aromatic heterocycles. The lowest BCUT2D eigenvalue weighted by Crippen LogP contribution is -2.12. The molecule has 0 aliphatic heterocycles. The molecular weight excluding hydrogens is 837 g/mol. The average molecular weight is 881 g/mol. The van der Waals surface area contributed by atoms with E-state index < -0.39 is 0 Å². The van der Waals surface area contributed by atoms with Crippen LogP contribution in [0.4, 0.5) is 17.1 Å². The van der Waals surface area contributed by atoms with E-state index in [9.17, 15) is 0 Å². The Hall–Kier alpha value is -9.18. The first kappa shape index (κ1) is 40.1. The highest BCUT2D eigenvalue weighted by atomic mass is 16.3. The molecule has 0 aliphatic rings. The van der Waals surface area contributed by atoms with Gasteiger partial charge in [0.05, 0.1) is 22.4 Å². The van der Waals surface area contributed by atoms with Crippen molar-refractivity contribution in [2.24, 2.45) is 0 Å². The van der Waals surface area contributed by atoms with Crippen molar-refractivity contribution in [3.63, 3.8) is 0 Å². The molecule has 13 rings (SSSR count). The fourth-order valence-corrected chi connectivity index (χ4v) is 10.4. The molecule has 2 heterocycles. The molecule has 69 heavy (non-hydrogen) atoms. The number of hydrogen-bond donors (Lipinski definition) is 0. The van der Waals surface area contributed by atoms with Crippen molar-refractivity contribution in [3.05, 3.63) is 267 Å². The van der Waals surface area contributed by atoms with Crippen molar-refractivity contribution in [1.82, 2.24) is 4.57 Å². The molecule has 0 aliphatic carbocycles. The van der Waals surface area contributed by atoms with E-state index >= 15 is 0 Å². The van der Waals surface area contributed by atoms with Gasteiger partial charge >= 0.3 is 0 Å². The molecule has 0 unspecified atom stereocenters. The zero-order chi connectivity index (χ0) is 45.7. The van der Waals surface area contributed by atoms with Gasteiger partial charge in [-0.15, -0.1) is 0 Å². The van der Waals surface area contributed by atoms with E-state index in [-0.39, 0.29) is 0 Å². The van der Waals surface area contributed by atoms with Crippen LogP contribution in [0.25, 0.3) is 105 Å². The number of hydrogen-bond acceptors (Lipinski definition) is 2. The van der Waals surface area contributed by atoms with Crippen LogP contribution in [0.15, 0.2) is 271 Å². The predicted molar refractivity (Wildman–Crippen MR) is 290 cm³/mol. The fraction of sp³-hybridized carbons (Fsp3) is 0. The van der Waals surface area contributed by atoms with Crippen molar-refractivity contribution in [3.8, 4) is 61.3 Å². The van der Waals surface area contributed by atoms with Crippen molar-refractivity contribution < 1.29 is 4.42 Å². The largest absolute Gasteiger partial charge is 0.456 e. The summed E-state index contributed by atoms with van der Waals surface area (Å²) in [5.41, 5.74) is 20.1. The minimum atomic E-state index is 0.874. The van der Waals surface area contributed by atoms with Crippen LogP contribution < -0.4 is 4.90 Å². The molecule has 0 bridgehead atoms. The fourth-order valence-electron chi connectivity index (χ4n) is 10.4. The van der Waals surface area contributed by atoms with E-state index in [1.54, 1.807) is 0 Å². The Kier molecular flexibility index (Phi) is 9.84. The number of aromatic nitrogens is 1. The van der Waals surface area contributed by atoms with Crippen molar-refractivity contribution in [2.45, 2.75) is 0 Å². The Labute approximate surface area is 401 Å². The zero-order valence-electron chi connectivity index (χ0n) is 37.7. The van der Waals surface area contributed by atoms with Gasteiger partial charge in [-0.3, -0.25) is 0 Å². The van der Waals surface area contributed by atoms with E-state index in [1.807, 2.05) is 6.07 Å². The number of rotatable bonds is 9. The van der Waals surface area contributed by atoms with Crippen LogP contribution in [0.3, 0.4) is 0 Å². The Morgan fingerprint density at radius 2 is 0.710 bits per heavy atom. The minimum Gasteiger partial charge on any atom is -0.456 e. The molecule has 0 amide bonds. The Bertz CT molecular complexity index is 3940. The second kappa shape index (κ2) is 16.9. The Balaban J connectivity index is 0.894. The number of para-hydroxylation sites is 5. The summed E-state index contributed by atoms with van der Waals surface area (Å²) in [5.74, 6) is 0. The molecular formula is C66H44N2O. The standard InChI is InChI=1S/C66H44N2O/c1-2-17-49(18-3-1)52-19-4-5-20-53(52)54-21-6-11-27-60(54)67(63-30-14-9-24-57(63)58-26-16-32-65-66(58)59-25-10-15-31-64(59)69-65)50-41-37-47(38-42-50)45-33-35-46(36-34-45)48-39-43-51(44-40-48)68-61-28-12-7-22-55(61)56-23-8-13-29-62(56)68/h1-44H. The quantitative estimate of drug-likeness (QED) is 0.144. The number of benzene rings is 11. The molecule has 13 aromatic rings. The summed E-state index contributed by atoms with van der Waals surface area (Å²) in [6.07, 6.45) is 0. The first-order valence-electron chi connectivity index (χ1n) is 23.6. The van der Waals surface area contributed by atoms with Gasteiger partial charge in [0.2, 0.25) is 0 Å². The van der Waals surface area contributed by atoms with E-state index in [0.29, 0.717) is 0 Å². The van der Waals surface area contributed by atoms with Gasteiger partial charge in [0, 0.05) is 44.0 Å². The molecule has 0 atom stereocenters. The lowest BCUT2D eigenvalue weighted by atomic mass is 9.92. The van der Waals surface area contributed by atoms with E-state index in [0.717, 1.165) is 72.5 Å². The Morgan fingerprint density at radius 3 is 1.33 bits per heavy atom. The van der Waals surface area contributed by atoms with E-state index in [2.05, 4.69) is 270 Å². The number of furan rings is 1. The van der Waals surface area contributed by atoms with Crippen molar-refractivity contribution in [2.75, 3.05) is 4.90 Å². The molecule has 0 fully saturated rings. The van der Waals surface area contributed by atoms with Gasteiger partial charge in [-0.25, -0.2) is 0 Å². The number of nitrogens with zero attached hydrogens (tertiary/aromatic N) is 2. The van der Waals surface area contributed by atoms with Crippen LogP contribution in [-0.4, -0.2) is 4.57 Å². The lowest BCUT2D eigenvalue weighted by molar-refractivity contribution is 0.669. The molecule has 11 aromatic carbocycles. The third kappa shape index (κ3) is 6.99. The second-order valence-electron chi connectivity index (χ2n) is 17.6. The average Bonchev–Trinajstić information content (AvgIpc) is 3.98. The van der Waals surface area contributed by atoms with Crippen molar-refractivity contribution >= 4 is 60.8 Å². The summed E-state index contributed by atoms with van der Waals surface area (Å²) in [6.45, 7) is 0. The highest BCUT2D eigenvalue weighted by molar-refractivity contribution is 6.14. The highest BCUT2D eigenvalue weighted by Gasteiger charge is 2.23. The summed E-state index contributed by atoms with van der Waals surface area (Å²) in [6, 6.07) is 96.0. The third-order valence-electron chi connectivity index (χ3n) is 13.7. The van der Waals surface area contributed by atoms with Gasteiger partial charge in [0.15, 0.2) is 0 Å². The molecule has 0 spiro atoms. The summed E-state index contributed by atoms with van der Waals surface area (Å²) in [5, 5.41) is 4.75. The predicted octanol–water partition coefficient (Wildman–Crippen LogP) is 18.5. The monoisotopic (exact) mass is 880 g/mol. The van der Waals surface area contributed by atoms with Gasteiger partial charge in [-0.2, -0.15) is 0 Å².